The minimum atomic E-state index is 0.426. The molecule has 0 saturated heterocycles. The Balaban J connectivity index is 3.49. The highest BCUT2D eigenvalue weighted by molar-refractivity contribution is 4.68. The SMILES string of the molecule is CCCCCCCCCCCCCCCCCCCCCCCC(CCCCCCCCCCCCCCCCCCCCCC)CC(N)CC. The van der Waals surface area contributed by atoms with Crippen molar-refractivity contribution in [2.24, 2.45) is 11.7 Å². The average Bonchev–Trinajstić information content (AvgIpc) is 3.14. The van der Waals surface area contributed by atoms with Gasteiger partial charge < -0.3 is 5.73 Å². The van der Waals surface area contributed by atoms with Gasteiger partial charge in [0.05, 0.1) is 0 Å². The first kappa shape index (κ1) is 51.0. The molecule has 0 aliphatic rings. The lowest BCUT2D eigenvalue weighted by molar-refractivity contribution is 0.349. The highest BCUT2D eigenvalue weighted by Crippen LogP contribution is 2.24. The largest absolute Gasteiger partial charge is 0.328 e. The van der Waals surface area contributed by atoms with E-state index in [1.165, 1.54) is 283 Å². The molecule has 51 heavy (non-hydrogen) atoms. The summed E-state index contributed by atoms with van der Waals surface area (Å²) in [6.45, 7) is 6.90. The van der Waals surface area contributed by atoms with E-state index in [9.17, 15) is 0 Å². The van der Waals surface area contributed by atoms with Crippen LogP contribution >= 0.6 is 0 Å². The second-order valence-electron chi connectivity index (χ2n) is 17.6. The minimum absolute atomic E-state index is 0.426. The molecule has 0 aliphatic carbocycles. The molecule has 1 heteroatoms. The summed E-state index contributed by atoms with van der Waals surface area (Å²) in [5, 5.41) is 0. The fourth-order valence-electron chi connectivity index (χ4n) is 8.53. The molecule has 0 spiro atoms. The van der Waals surface area contributed by atoms with Gasteiger partial charge in [-0.1, -0.05) is 297 Å². The van der Waals surface area contributed by atoms with E-state index in [4.69, 9.17) is 5.73 Å². The van der Waals surface area contributed by atoms with Crippen molar-refractivity contribution in [2.75, 3.05) is 0 Å². The lowest BCUT2D eigenvalue weighted by atomic mass is 9.88. The monoisotopic (exact) mass is 718 g/mol. The van der Waals surface area contributed by atoms with Crippen LogP contribution < -0.4 is 5.73 Å². The number of nitrogens with two attached hydrogens (primary N) is 1. The van der Waals surface area contributed by atoms with Crippen molar-refractivity contribution < 1.29 is 0 Å². The van der Waals surface area contributed by atoms with Crippen LogP contribution in [0.2, 0.25) is 0 Å². The van der Waals surface area contributed by atoms with Gasteiger partial charge in [-0.3, -0.25) is 0 Å². The van der Waals surface area contributed by atoms with Crippen molar-refractivity contribution in [1.29, 1.82) is 0 Å². The van der Waals surface area contributed by atoms with Gasteiger partial charge in [-0.15, -0.1) is 0 Å². The van der Waals surface area contributed by atoms with Crippen molar-refractivity contribution in [3.63, 3.8) is 0 Å². The van der Waals surface area contributed by atoms with Crippen LogP contribution in [-0.2, 0) is 0 Å². The maximum atomic E-state index is 6.43. The fraction of sp³-hybridized carbons (Fsp3) is 1.00. The van der Waals surface area contributed by atoms with Gasteiger partial charge in [0.25, 0.3) is 0 Å². The molecule has 2 atom stereocenters. The van der Waals surface area contributed by atoms with Crippen LogP contribution in [-0.4, -0.2) is 6.04 Å². The van der Waals surface area contributed by atoms with Gasteiger partial charge in [-0.05, 0) is 18.8 Å². The summed E-state index contributed by atoms with van der Waals surface area (Å²) in [6.07, 6.45) is 65.5. The van der Waals surface area contributed by atoms with Gasteiger partial charge in [0.2, 0.25) is 0 Å². The topological polar surface area (TPSA) is 26.0 Å². The van der Waals surface area contributed by atoms with Crippen LogP contribution in [0.3, 0.4) is 0 Å². The normalized spacial score (nSPS) is 12.9. The Morgan fingerprint density at radius 1 is 0.255 bits per heavy atom. The van der Waals surface area contributed by atoms with Gasteiger partial charge in [0, 0.05) is 6.04 Å². The Labute approximate surface area is 326 Å². The molecule has 0 aliphatic heterocycles. The van der Waals surface area contributed by atoms with E-state index in [2.05, 4.69) is 20.8 Å². The number of hydrogen-bond acceptors (Lipinski definition) is 1. The summed E-state index contributed by atoms with van der Waals surface area (Å²) in [5.74, 6) is 0.885. The molecule has 0 amide bonds. The molecular formula is C50H103N. The zero-order chi connectivity index (χ0) is 37.0. The third-order valence-corrected chi connectivity index (χ3v) is 12.3. The van der Waals surface area contributed by atoms with E-state index in [-0.39, 0.29) is 0 Å². The maximum Gasteiger partial charge on any atom is 0.00388 e. The second-order valence-corrected chi connectivity index (χ2v) is 17.6. The molecule has 0 saturated carbocycles. The van der Waals surface area contributed by atoms with Crippen LogP contribution in [0.5, 0.6) is 0 Å². The number of rotatable bonds is 46. The Kier molecular flexibility index (Phi) is 46.1. The van der Waals surface area contributed by atoms with Crippen molar-refractivity contribution in [2.45, 2.75) is 316 Å². The predicted octanol–water partition coefficient (Wildman–Crippen LogP) is 18.5. The highest BCUT2D eigenvalue weighted by Gasteiger charge is 2.12. The maximum absolute atomic E-state index is 6.43. The zero-order valence-electron chi connectivity index (χ0n) is 36.6. The molecule has 308 valence electrons. The number of unbranched alkanes of at least 4 members (excludes halogenated alkanes) is 39. The average molecular weight is 718 g/mol. The van der Waals surface area contributed by atoms with E-state index in [0.717, 1.165) is 12.3 Å². The standard InChI is InChI=1S/C50H103N/c1-4-7-9-11-13-15-17-19-21-23-25-27-29-31-33-35-37-39-41-43-45-47-49(48-50(51)6-3)46-44-42-40-38-36-34-32-30-28-26-24-22-20-18-16-14-12-10-8-5-2/h49-50H,4-48,51H2,1-3H3. The Morgan fingerprint density at radius 3 is 0.608 bits per heavy atom. The van der Waals surface area contributed by atoms with Crippen molar-refractivity contribution in [3.8, 4) is 0 Å². The summed E-state index contributed by atoms with van der Waals surface area (Å²) in [7, 11) is 0. The summed E-state index contributed by atoms with van der Waals surface area (Å²) >= 11 is 0. The van der Waals surface area contributed by atoms with Gasteiger partial charge in [-0.25, -0.2) is 0 Å². The van der Waals surface area contributed by atoms with Crippen molar-refractivity contribution in [1.82, 2.24) is 0 Å². The predicted molar refractivity (Wildman–Crippen MR) is 236 cm³/mol. The Bertz CT molecular complexity index is 586. The molecular weight excluding hydrogens is 615 g/mol. The molecule has 0 bridgehead atoms. The molecule has 0 heterocycles. The van der Waals surface area contributed by atoms with E-state index in [1.807, 2.05) is 0 Å². The Morgan fingerprint density at radius 2 is 0.431 bits per heavy atom. The first-order chi connectivity index (χ1) is 25.2. The van der Waals surface area contributed by atoms with Gasteiger partial charge >= 0.3 is 0 Å². The summed E-state index contributed by atoms with van der Waals surface area (Å²) in [4.78, 5) is 0. The van der Waals surface area contributed by atoms with Crippen LogP contribution in [0.15, 0.2) is 0 Å². The molecule has 0 fully saturated rings. The van der Waals surface area contributed by atoms with E-state index in [0.29, 0.717) is 6.04 Å². The minimum Gasteiger partial charge on any atom is -0.328 e. The van der Waals surface area contributed by atoms with Gasteiger partial charge in [0.1, 0.15) is 0 Å². The van der Waals surface area contributed by atoms with Crippen LogP contribution in [0, 0.1) is 5.92 Å². The lowest BCUT2D eigenvalue weighted by Crippen LogP contribution is -2.22. The van der Waals surface area contributed by atoms with E-state index >= 15 is 0 Å². The molecule has 2 N–H and O–H groups in total. The third-order valence-electron chi connectivity index (χ3n) is 12.3. The first-order valence-corrected chi connectivity index (χ1v) is 25.0. The van der Waals surface area contributed by atoms with E-state index < -0.39 is 0 Å². The van der Waals surface area contributed by atoms with Gasteiger partial charge in [0.15, 0.2) is 0 Å². The molecule has 2 unspecified atom stereocenters. The van der Waals surface area contributed by atoms with Crippen LogP contribution in [0.1, 0.15) is 310 Å². The second kappa shape index (κ2) is 46.1. The van der Waals surface area contributed by atoms with Crippen molar-refractivity contribution >= 4 is 0 Å². The molecule has 0 rings (SSSR count). The lowest BCUT2D eigenvalue weighted by Gasteiger charge is -2.20. The molecule has 0 aromatic carbocycles. The molecule has 0 aromatic heterocycles. The number of hydrogen-bond donors (Lipinski definition) is 1. The third kappa shape index (κ3) is 44.3. The molecule has 0 aromatic rings. The van der Waals surface area contributed by atoms with Gasteiger partial charge in [-0.2, -0.15) is 0 Å². The Hall–Kier alpha value is -0.0400. The summed E-state index contributed by atoms with van der Waals surface area (Å²) in [6, 6.07) is 0.426. The van der Waals surface area contributed by atoms with Crippen LogP contribution in [0.25, 0.3) is 0 Å². The summed E-state index contributed by atoms with van der Waals surface area (Å²) < 4.78 is 0. The summed E-state index contributed by atoms with van der Waals surface area (Å²) in [5.41, 5.74) is 6.43. The zero-order valence-corrected chi connectivity index (χ0v) is 36.6. The molecule has 0 radical (unpaired) electrons. The smallest absolute Gasteiger partial charge is 0.00388 e. The fourth-order valence-corrected chi connectivity index (χ4v) is 8.53. The van der Waals surface area contributed by atoms with Crippen molar-refractivity contribution in [3.05, 3.63) is 0 Å². The quantitative estimate of drug-likeness (QED) is 0.0623. The van der Waals surface area contributed by atoms with E-state index in [1.54, 1.807) is 0 Å². The highest BCUT2D eigenvalue weighted by atomic mass is 14.6. The molecule has 1 nitrogen and oxygen atoms in total. The first-order valence-electron chi connectivity index (χ1n) is 25.0. The van der Waals surface area contributed by atoms with Crippen LogP contribution in [0.4, 0.5) is 0 Å².